The van der Waals surface area contributed by atoms with Gasteiger partial charge in [0.25, 0.3) is 0 Å². The van der Waals surface area contributed by atoms with Gasteiger partial charge in [-0.3, -0.25) is 0 Å². The highest BCUT2D eigenvalue weighted by Gasteiger charge is 2.08. The molecular formula is C15H20N2O2. The van der Waals surface area contributed by atoms with E-state index >= 15 is 0 Å². The molecule has 102 valence electrons. The van der Waals surface area contributed by atoms with Crippen molar-refractivity contribution < 1.29 is 9.90 Å². The van der Waals surface area contributed by atoms with Gasteiger partial charge in [-0.25, -0.2) is 4.79 Å². The Kier molecular flexibility index (Phi) is 5.91. The fraction of sp³-hybridized carbons (Fsp3) is 0.400. The van der Waals surface area contributed by atoms with Gasteiger partial charge >= 0.3 is 6.03 Å². The zero-order chi connectivity index (χ0) is 14.3. The minimum Gasteiger partial charge on any atom is -0.395 e. The summed E-state index contributed by atoms with van der Waals surface area (Å²) in [5.74, 6) is 5.84. The Morgan fingerprint density at radius 3 is 2.84 bits per heavy atom. The van der Waals surface area contributed by atoms with Crippen LogP contribution >= 0.6 is 0 Å². The molecule has 0 fully saturated rings. The monoisotopic (exact) mass is 260 g/mol. The van der Waals surface area contributed by atoms with Crippen LogP contribution in [-0.4, -0.2) is 36.2 Å². The van der Waals surface area contributed by atoms with Gasteiger partial charge in [0.15, 0.2) is 0 Å². The number of nitrogens with one attached hydrogen (secondary N) is 1. The Morgan fingerprint density at radius 2 is 2.21 bits per heavy atom. The molecule has 1 aromatic rings. The Morgan fingerprint density at radius 1 is 1.47 bits per heavy atom. The van der Waals surface area contributed by atoms with Crippen LogP contribution in [0.4, 0.5) is 10.5 Å². The average Bonchev–Trinajstić information content (AvgIpc) is 2.40. The van der Waals surface area contributed by atoms with E-state index in [2.05, 4.69) is 17.2 Å². The quantitative estimate of drug-likeness (QED) is 0.819. The van der Waals surface area contributed by atoms with E-state index < -0.39 is 0 Å². The van der Waals surface area contributed by atoms with Gasteiger partial charge < -0.3 is 15.3 Å². The van der Waals surface area contributed by atoms with E-state index in [1.165, 1.54) is 0 Å². The van der Waals surface area contributed by atoms with Gasteiger partial charge in [0.2, 0.25) is 0 Å². The van der Waals surface area contributed by atoms with Crippen molar-refractivity contribution in [3.63, 3.8) is 0 Å². The van der Waals surface area contributed by atoms with Crippen molar-refractivity contribution in [3.05, 3.63) is 29.3 Å². The summed E-state index contributed by atoms with van der Waals surface area (Å²) in [6.07, 6.45) is 0.427. The predicted octanol–water partition coefficient (Wildman–Crippen LogP) is 2.21. The Bertz CT molecular complexity index is 501. The number of hydrogen-bond donors (Lipinski definition) is 2. The molecule has 0 unspecified atom stereocenters. The molecule has 0 heterocycles. The lowest BCUT2D eigenvalue weighted by Gasteiger charge is -2.16. The first-order valence-corrected chi connectivity index (χ1v) is 6.31. The maximum absolute atomic E-state index is 11.8. The van der Waals surface area contributed by atoms with Gasteiger partial charge in [-0.2, -0.15) is 0 Å². The lowest BCUT2D eigenvalue weighted by Crippen LogP contribution is -2.31. The lowest BCUT2D eigenvalue weighted by atomic mass is 10.1. The van der Waals surface area contributed by atoms with Crippen molar-refractivity contribution in [2.24, 2.45) is 0 Å². The average molecular weight is 260 g/mol. The Balaban J connectivity index is 2.94. The minimum atomic E-state index is -0.156. The Hall–Kier alpha value is -1.99. The number of carbonyl (C=O) groups excluding carboxylic acids is 1. The summed E-state index contributed by atoms with van der Waals surface area (Å²) in [7, 11) is 1.74. The van der Waals surface area contributed by atoms with Crippen molar-refractivity contribution in [3.8, 4) is 11.8 Å². The molecule has 19 heavy (non-hydrogen) atoms. The molecular weight excluding hydrogens is 240 g/mol. The molecule has 4 heteroatoms. The third kappa shape index (κ3) is 4.65. The second kappa shape index (κ2) is 7.45. The summed E-state index contributed by atoms with van der Waals surface area (Å²) >= 11 is 0. The number of rotatable bonds is 3. The van der Waals surface area contributed by atoms with Crippen molar-refractivity contribution in [1.82, 2.24) is 4.90 Å². The van der Waals surface area contributed by atoms with Crippen LogP contribution in [0, 0.1) is 18.8 Å². The van der Waals surface area contributed by atoms with Gasteiger partial charge in [-0.05, 0) is 31.5 Å². The summed E-state index contributed by atoms with van der Waals surface area (Å²) in [6.45, 7) is 4.57. The maximum Gasteiger partial charge on any atom is 0.321 e. The van der Waals surface area contributed by atoms with Crippen molar-refractivity contribution in [2.45, 2.75) is 20.3 Å². The summed E-state index contributed by atoms with van der Waals surface area (Å²) in [5, 5.41) is 11.6. The van der Waals surface area contributed by atoms with Crippen LogP contribution in [0.3, 0.4) is 0 Å². The number of aryl methyl sites for hydroxylation is 1. The van der Waals surface area contributed by atoms with Crippen LogP contribution in [0.2, 0.25) is 0 Å². The van der Waals surface area contributed by atoms with Crippen molar-refractivity contribution in [1.29, 1.82) is 0 Å². The van der Waals surface area contributed by atoms with Crippen LogP contribution in [0.15, 0.2) is 18.2 Å². The summed E-state index contributed by atoms with van der Waals surface area (Å²) in [4.78, 5) is 13.4. The third-order valence-corrected chi connectivity index (χ3v) is 2.70. The van der Waals surface area contributed by atoms with E-state index in [1.54, 1.807) is 11.9 Å². The van der Waals surface area contributed by atoms with E-state index in [-0.39, 0.29) is 12.6 Å². The molecule has 0 aliphatic carbocycles. The molecule has 0 atom stereocenters. The van der Waals surface area contributed by atoms with Crippen molar-refractivity contribution in [2.75, 3.05) is 25.5 Å². The summed E-state index contributed by atoms with van der Waals surface area (Å²) in [6, 6.07) is 5.54. The predicted molar refractivity (Wildman–Crippen MR) is 77.1 cm³/mol. The van der Waals surface area contributed by atoms with Gasteiger partial charge in [-0.15, -0.1) is 0 Å². The minimum absolute atomic E-state index is 0.0408. The molecule has 0 radical (unpaired) electrons. The largest absolute Gasteiger partial charge is 0.395 e. The molecule has 2 amide bonds. The van der Waals surface area contributed by atoms with Gasteiger partial charge in [0.1, 0.15) is 0 Å². The molecule has 4 nitrogen and oxygen atoms in total. The number of urea groups is 1. The molecule has 0 aliphatic heterocycles. The molecule has 1 aromatic carbocycles. The third-order valence-electron chi connectivity index (χ3n) is 2.70. The number of hydrogen-bond acceptors (Lipinski definition) is 2. The number of aliphatic hydroxyl groups is 1. The van der Waals surface area contributed by atoms with Crippen molar-refractivity contribution >= 4 is 11.7 Å². The molecule has 2 N–H and O–H groups in total. The summed E-state index contributed by atoms with van der Waals surface area (Å²) in [5.41, 5.74) is 2.54. The van der Waals surface area contributed by atoms with Gasteiger partial charge in [0.05, 0.1) is 12.3 Å². The van der Waals surface area contributed by atoms with Crippen LogP contribution in [0.5, 0.6) is 0 Å². The molecule has 0 aromatic heterocycles. The van der Waals surface area contributed by atoms with Gasteiger partial charge in [0, 0.05) is 25.6 Å². The lowest BCUT2D eigenvalue weighted by molar-refractivity contribution is 0.224. The zero-order valence-corrected chi connectivity index (χ0v) is 11.7. The fourth-order valence-corrected chi connectivity index (χ4v) is 1.44. The first-order valence-electron chi connectivity index (χ1n) is 6.31. The molecule has 0 saturated heterocycles. The van der Waals surface area contributed by atoms with Gasteiger partial charge in [-0.1, -0.05) is 17.9 Å². The zero-order valence-electron chi connectivity index (χ0n) is 11.7. The molecule has 0 spiro atoms. The molecule has 1 rings (SSSR count). The van der Waals surface area contributed by atoms with E-state index in [1.807, 2.05) is 32.0 Å². The highest BCUT2D eigenvalue weighted by Crippen LogP contribution is 2.16. The van der Waals surface area contributed by atoms with Crippen LogP contribution in [0.25, 0.3) is 0 Å². The number of anilines is 1. The van der Waals surface area contributed by atoms with Crippen LogP contribution in [0.1, 0.15) is 24.5 Å². The second-order valence-electron chi connectivity index (χ2n) is 4.27. The first-order chi connectivity index (χ1) is 9.08. The Labute approximate surface area is 114 Å². The highest BCUT2D eigenvalue weighted by atomic mass is 16.2. The second-order valence-corrected chi connectivity index (χ2v) is 4.27. The number of amides is 2. The fourth-order valence-electron chi connectivity index (χ4n) is 1.44. The number of benzene rings is 1. The van der Waals surface area contributed by atoms with Crippen LogP contribution < -0.4 is 5.32 Å². The van der Waals surface area contributed by atoms with Crippen LogP contribution in [-0.2, 0) is 0 Å². The van der Waals surface area contributed by atoms with E-state index in [0.717, 1.165) is 11.1 Å². The molecule has 0 bridgehead atoms. The van der Waals surface area contributed by atoms with E-state index in [0.29, 0.717) is 18.7 Å². The van der Waals surface area contributed by atoms with E-state index in [4.69, 9.17) is 5.11 Å². The number of nitrogens with zero attached hydrogens (tertiary/aromatic N) is 1. The maximum atomic E-state index is 11.8. The number of carbonyl (C=O) groups is 1. The topological polar surface area (TPSA) is 52.6 Å². The smallest absolute Gasteiger partial charge is 0.321 e. The first kappa shape index (κ1) is 15.1. The summed E-state index contributed by atoms with van der Waals surface area (Å²) < 4.78 is 0. The SMILES string of the molecule is CCN(C)C(=O)Nc1ccc(C)cc1C#CCCO. The normalized spacial score (nSPS) is 9.47. The number of aliphatic hydroxyl groups excluding tert-OH is 1. The molecule has 0 aliphatic rings. The highest BCUT2D eigenvalue weighted by molar-refractivity contribution is 5.90. The molecule has 0 saturated carbocycles. The standard InChI is InChI=1S/C15H20N2O2/c1-4-17(3)15(19)16-14-9-8-12(2)11-13(14)7-5-6-10-18/h8-9,11,18H,4,6,10H2,1-3H3,(H,16,19). The van der Waals surface area contributed by atoms with E-state index in [9.17, 15) is 4.79 Å².